The summed E-state index contributed by atoms with van der Waals surface area (Å²) in [4.78, 5) is 15.1. The lowest BCUT2D eigenvalue weighted by molar-refractivity contribution is -0.130. The smallest absolute Gasteiger partial charge is 0.363 e. The van der Waals surface area contributed by atoms with E-state index in [1.165, 1.54) is 12.1 Å². The molecule has 0 N–H and O–H groups in total. The lowest BCUT2D eigenvalue weighted by atomic mass is 10.2. The molecular formula is C11H8FNO2. The third-order valence-corrected chi connectivity index (χ3v) is 1.90. The summed E-state index contributed by atoms with van der Waals surface area (Å²) in [5.74, 6) is -0.462. The SMILES string of the molecule is CC1=N/C(=C\c2ccc(F)cc2)C(=O)O1. The number of aliphatic imine (C=N–C) groups is 1. The molecule has 0 aromatic heterocycles. The zero-order valence-corrected chi connectivity index (χ0v) is 8.03. The largest absolute Gasteiger partial charge is 0.407 e. The number of ether oxygens (including phenoxy) is 1. The van der Waals surface area contributed by atoms with Crippen LogP contribution in [0.15, 0.2) is 35.0 Å². The van der Waals surface area contributed by atoms with Crippen molar-refractivity contribution in [3.63, 3.8) is 0 Å². The molecule has 0 fully saturated rings. The third-order valence-electron chi connectivity index (χ3n) is 1.90. The fourth-order valence-electron chi connectivity index (χ4n) is 1.23. The van der Waals surface area contributed by atoms with Crippen LogP contribution in [0.5, 0.6) is 0 Å². The second-order valence-electron chi connectivity index (χ2n) is 3.10. The molecule has 1 aromatic rings. The predicted molar refractivity (Wildman–Crippen MR) is 53.6 cm³/mol. The van der Waals surface area contributed by atoms with Gasteiger partial charge in [-0.25, -0.2) is 14.2 Å². The minimum atomic E-state index is -0.475. The monoisotopic (exact) mass is 205 g/mol. The van der Waals surface area contributed by atoms with Crippen molar-refractivity contribution in [2.24, 2.45) is 4.99 Å². The fraction of sp³-hybridized carbons (Fsp3) is 0.0909. The first-order chi connectivity index (χ1) is 7.15. The van der Waals surface area contributed by atoms with Crippen molar-refractivity contribution in [2.45, 2.75) is 6.92 Å². The molecule has 0 aliphatic carbocycles. The molecule has 76 valence electrons. The van der Waals surface area contributed by atoms with Crippen molar-refractivity contribution in [1.29, 1.82) is 0 Å². The predicted octanol–water partition coefficient (Wildman–Crippen LogP) is 2.14. The first-order valence-electron chi connectivity index (χ1n) is 4.40. The van der Waals surface area contributed by atoms with Crippen LogP contribution in [0.2, 0.25) is 0 Å². The van der Waals surface area contributed by atoms with Crippen LogP contribution in [0.3, 0.4) is 0 Å². The Hall–Kier alpha value is -1.97. The molecule has 0 radical (unpaired) electrons. The number of halogens is 1. The van der Waals surface area contributed by atoms with E-state index in [0.29, 0.717) is 11.5 Å². The average Bonchev–Trinajstić information content (AvgIpc) is 2.49. The highest BCUT2D eigenvalue weighted by atomic mass is 19.1. The van der Waals surface area contributed by atoms with Gasteiger partial charge in [0.25, 0.3) is 0 Å². The third kappa shape index (κ3) is 2.10. The average molecular weight is 205 g/mol. The molecule has 0 saturated heterocycles. The molecule has 0 amide bonds. The van der Waals surface area contributed by atoms with Crippen molar-refractivity contribution < 1.29 is 13.9 Å². The molecule has 0 spiro atoms. The molecule has 0 saturated carbocycles. The molecule has 2 rings (SSSR count). The van der Waals surface area contributed by atoms with Gasteiger partial charge in [-0.05, 0) is 23.8 Å². The van der Waals surface area contributed by atoms with Crippen LogP contribution < -0.4 is 0 Å². The highest BCUT2D eigenvalue weighted by Crippen LogP contribution is 2.15. The maximum absolute atomic E-state index is 12.6. The molecule has 1 aliphatic heterocycles. The first-order valence-corrected chi connectivity index (χ1v) is 4.40. The number of hydrogen-bond acceptors (Lipinski definition) is 3. The second kappa shape index (κ2) is 3.65. The Morgan fingerprint density at radius 1 is 1.33 bits per heavy atom. The number of cyclic esters (lactones) is 1. The lowest BCUT2D eigenvalue weighted by Gasteiger charge is -1.93. The van der Waals surface area contributed by atoms with Gasteiger partial charge in [-0.3, -0.25) is 0 Å². The number of nitrogens with zero attached hydrogens (tertiary/aromatic N) is 1. The van der Waals surface area contributed by atoms with Crippen LogP contribution in [0.1, 0.15) is 12.5 Å². The fourth-order valence-corrected chi connectivity index (χ4v) is 1.23. The number of rotatable bonds is 1. The minimum absolute atomic E-state index is 0.235. The van der Waals surface area contributed by atoms with Gasteiger partial charge in [0.1, 0.15) is 5.82 Å². The zero-order chi connectivity index (χ0) is 10.8. The summed E-state index contributed by atoms with van der Waals surface area (Å²) >= 11 is 0. The topological polar surface area (TPSA) is 38.7 Å². The highest BCUT2D eigenvalue weighted by molar-refractivity contribution is 6.06. The lowest BCUT2D eigenvalue weighted by Crippen LogP contribution is -1.99. The van der Waals surface area contributed by atoms with E-state index in [-0.39, 0.29) is 11.5 Å². The molecule has 4 heteroatoms. The van der Waals surface area contributed by atoms with Gasteiger partial charge in [-0.15, -0.1) is 0 Å². The van der Waals surface area contributed by atoms with Crippen LogP contribution in [-0.4, -0.2) is 11.9 Å². The molecule has 1 aliphatic rings. The normalized spacial score (nSPS) is 17.9. The van der Waals surface area contributed by atoms with E-state index in [2.05, 4.69) is 4.99 Å². The molecule has 0 atom stereocenters. The van der Waals surface area contributed by atoms with Gasteiger partial charge in [0.15, 0.2) is 11.6 Å². The van der Waals surface area contributed by atoms with Crippen LogP contribution >= 0.6 is 0 Å². The Kier molecular flexibility index (Phi) is 2.33. The van der Waals surface area contributed by atoms with Crippen LogP contribution in [0, 0.1) is 5.82 Å². The number of hydrogen-bond donors (Lipinski definition) is 0. The number of benzene rings is 1. The Bertz CT molecular complexity index is 460. The van der Waals surface area contributed by atoms with E-state index >= 15 is 0 Å². The van der Waals surface area contributed by atoms with Crippen molar-refractivity contribution in [1.82, 2.24) is 0 Å². The van der Waals surface area contributed by atoms with Crippen molar-refractivity contribution in [3.8, 4) is 0 Å². The van der Waals surface area contributed by atoms with Crippen molar-refractivity contribution >= 4 is 17.9 Å². The van der Waals surface area contributed by atoms with E-state index in [4.69, 9.17) is 4.74 Å². The van der Waals surface area contributed by atoms with Gasteiger partial charge in [0.2, 0.25) is 0 Å². The molecule has 0 unspecified atom stereocenters. The summed E-state index contributed by atoms with van der Waals surface area (Å²) in [7, 11) is 0. The van der Waals surface area contributed by atoms with E-state index in [1.807, 2.05) is 0 Å². The number of carbonyl (C=O) groups is 1. The van der Waals surface area contributed by atoms with Gasteiger partial charge in [0.05, 0.1) is 0 Å². The van der Waals surface area contributed by atoms with Crippen molar-refractivity contribution in [2.75, 3.05) is 0 Å². The summed E-state index contributed by atoms with van der Waals surface area (Å²) in [5, 5.41) is 0. The van der Waals surface area contributed by atoms with E-state index in [0.717, 1.165) is 0 Å². The highest BCUT2D eigenvalue weighted by Gasteiger charge is 2.19. The van der Waals surface area contributed by atoms with Gasteiger partial charge in [-0.1, -0.05) is 12.1 Å². The van der Waals surface area contributed by atoms with Gasteiger partial charge >= 0.3 is 5.97 Å². The summed E-state index contributed by atoms with van der Waals surface area (Å²) in [6, 6.07) is 5.78. The number of carbonyl (C=O) groups excluding carboxylic acids is 1. The second-order valence-corrected chi connectivity index (χ2v) is 3.10. The van der Waals surface area contributed by atoms with Crippen LogP contribution in [-0.2, 0) is 9.53 Å². The Morgan fingerprint density at radius 3 is 2.53 bits per heavy atom. The zero-order valence-electron chi connectivity index (χ0n) is 8.03. The van der Waals surface area contributed by atoms with Gasteiger partial charge in [-0.2, -0.15) is 0 Å². The molecule has 0 bridgehead atoms. The van der Waals surface area contributed by atoms with E-state index in [1.54, 1.807) is 25.1 Å². The maximum Gasteiger partial charge on any atom is 0.363 e. The number of esters is 1. The summed E-state index contributed by atoms with van der Waals surface area (Å²) in [6.45, 7) is 1.60. The quantitative estimate of drug-likeness (QED) is 0.520. The first kappa shape index (κ1) is 9.58. The molecular weight excluding hydrogens is 197 g/mol. The minimum Gasteiger partial charge on any atom is -0.407 e. The van der Waals surface area contributed by atoms with E-state index in [9.17, 15) is 9.18 Å². The van der Waals surface area contributed by atoms with Crippen LogP contribution in [0.25, 0.3) is 6.08 Å². The summed E-state index contributed by atoms with van der Waals surface area (Å²) in [5.41, 5.74) is 0.945. The Morgan fingerprint density at radius 2 is 2.00 bits per heavy atom. The summed E-state index contributed by atoms with van der Waals surface area (Å²) in [6.07, 6.45) is 1.55. The molecule has 15 heavy (non-hydrogen) atoms. The van der Waals surface area contributed by atoms with Crippen LogP contribution in [0.4, 0.5) is 4.39 Å². The molecule has 1 heterocycles. The maximum atomic E-state index is 12.6. The Balaban J connectivity index is 2.31. The summed E-state index contributed by atoms with van der Waals surface area (Å²) < 4.78 is 17.3. The standard InChI is InChI=1S/C11H8FNO2/c1-7-13-10(11(14)15-7)6-8-2-4-9(12)5-3-8/h2-6H,1H3/b10-6-. The van der Waals surface area contributed by atoms with Gasteiger partial charge in [0, 0.05) is 6.92 Å². The van der Waals surface area contributed by atoms with E-state index < -0.39 is 5.97 Å². The van der Waals surface area contributed by atoms with Gasteiger partial charge < -0.3 is 4.74 Å². The van der Waals surface area contributed by atoms with Crippen molar-refractivity contribution in [3.05, 3.63) is 41.3 Å². The molecule has 1 aromatic carbocycles. The molecule has 3 nitrogen and oxygen atoms in total. The Labute approximate surface area is 85.9 Å².